The van der Waals surface area contributed by atoms with Crippen molar-refractivity contribution in [1.29, 1.82) is 10.5 Å². The molecule has 422 valence electrons. The second kappa shape index (κ2) is 38.2. The molecule has 0 spiro atoms. The highest BCUT2D eigenvalue weighted by Crippen LogP contribution is 2.57. The maximum atomic E-state index is 12.3. The fraction of sp³-hybridized carbons (Fsp3) is 0.458. The van der Waals surface area contributed by atoms with Gasteiger partial charge in [-0.05, 0) is 192 Å². The number of nitrogens with zero attached hydrogens (tertiary/aromatic N) is 3. The van der Waals surface area contributed by atoms with Gasteiger partial charge in [0.1, 0.15) is 11.6 Å². The molecular formula is C72H91F4N3. The normalized spacial score (nSPS) is 18.9. The maximum Gasteiger partial charge on any atom is 0.190 e. The smallest absolute Gasteiger partial charge is 0.190 e. The number of aryl methyl sites for hydroxylation is 6. The molecule has 6 aliphatic rings. The highest BCUT2D eigenvalue weighted by Gasteiger charge is 2.47. The number of nitriles is 2. The van der Waals surface area contributed by atoms with Crippen molar-refractivity contribution in [3.8, 4) is 12.1 Å². The average molecular weight is 1070 g/mol. The Morgan fingerprint density at radius 2 is 0.911 bits per heavy atom. The van der Waals surface area contributed by atoms with Crippen LogP contribution in [0.15, 0.2) is 140 Å². The molecule has 4 bridgehead atoms. The van der Waals surface area contributed by atoms with E-state index in [9.17, 15) is 17.6 Å². The van der Waals surface area contributed by atoms with E-state index in [0.717, 1.165) is 92.6 Å². The first-order valence-electron chi connectivity index (χ1n) is 29.2. The van der Waals surface area contributed by atoms with E-state index >= 15 is 0 Å². The van der Waals surface area contributed by atoms with Gasteiger partial charge in [0.25, 0.3) is 0 Å². The number of hydrogen-bond acceptors (Lipinski definition) is 2. The Balaban J connectivity index is 0.000000235. The topological polar surface area (TPSA) is 51.9 Å². The van der Waals surface area contributed by atoms with Crippen molar-refractivity contribution in [2.45, 2.75) is 171 Å². The zero-order valence-electron chi connectivity index (χ0n) is 49.2. The van der Waals surface area contributed by atoms with E-state index in [-0.39, 0.29) is 11.6 Å². The molecule has 3 nitrogen and oxygen atoms in total. The predicted molar refractivity (Wildman–Crippen MR) is 323 cm³/mol. The Hall–Kier alpha value is -6.49. The molecule has 0 amide bonds. The fourth-order valence-corrected chi connectivity index (χ4v) is 11.4. The Morgan fingerprint density at radius 1 is 0.443 bits per heavy atom. The molecule has 6 saturated carbocycles. The van der Waals surface area contributed by atoms with E-state index in [4.69, 9.17) is 17.1 Å². The molecule has 0 atom stereocenters. The van der Waals surface area contributed by atoms with Crippen molar-refractivity contribution < 1.29 is 17.6 Å². The largest absolute Gasteiger partial charge is 0.238 e. The summed E-state index contributed by atoms with van der Waals surface area (Å²) in [4.78, 5) is 3.32. The Bertz CT molecular complexity index is 2660. The standard InChI is InChI=1S/C12H20.3C8H7N.C8H16.C7H6F2.2C7H7F.C7H14/c1-2-12-10-4-8-3-9(6-10)7-11(12)5-8;1-7-5-3-4-6-8(7)9-2;1-7-2-4-8(6-9)5-3-7;1-7-3-2-4-8(5-7)6-9;1-2-8-6-4-3-5-7-8;1-5-2-3-6(8)7(9)4-5;1-6-2-4-7(8)5-3-6;1-6-4-2-3-5-7(6)8;1-2-7-5-3-4-6-7/h8-12H,2-7H2,1H3;3-6H,1H3;2*2-5H,1H3;8H,2-7H2,1H3;2-4H,1H3;2*2-5H,1H3;7H,2-6H2,1H3. The molecule has 6 aliphatic carbocycles. The lowest BCUT2D eigenvalue weighted by Crippen LogP contribution is -2.44. The van der Waals surface area contributed by atoms with E-state index < -0.39 is 11.6 Å². The monoisotopic (exact) mass is 1070 g/mol. The molecule has 0 aromatic heterocycles. The SMILES string of the molecule is CCC1C2CC3CC(C2)CC1C3.CCC1CCCC1.CCC1CCCCC1.Cc1ccc(C#N)cc1.Cc1ccc(F)c(F)c1.Cc1ccc(F)cc1.Cc1cccc(C#N)c1.Cc1ccccc1F.[C-]#[N+]c1ccccc1C. The van der Waals surface area contributed by atoms with E-state index in [2.05, 4.69) is 37.8 Å². The van der Waals surface area contributed by atoms with Gasteiger partial charge in [0.2, 0.25) is 0 Å². The predicted octanol–water partition coefficient (Wildman–Crippen LogP) is 21.9. The zero-order valence-corrected chi connectivity index (χ0v) is 49.2. The lowest BCUT2D eigenvalue weighted by atomic mass is 9.51. The molecule has 0 aliphatic heterocycles. The summed E-state index contributed by atoms with van der Waals surface area (Å²) < 4.78 is 48.7. The third-order valence-corrected chi connectivity index (χ3v) is 16.0. The van der Waals surface area contributed by atoms with Crippen molar-refractivity contribution >= 4 is 5.69 Å². The highest BCUT2D eigenvalue weighted by atomic mass is 19.2. The van der Waals surface area contributed by atoms with Gasteiger partial charge in [0, 0.05) is 0 Å². The Kier molecular flexibility index (Phi) is 32.3. The average Bonchev–Trinajstić information content (AvgIpc) is 4.01. The van der Waals surface area contributed by atoms with Crippen LogP contribution in [0.2, 0.25) is 0 Å². The van der Waals surface area contributed by atoms with Crippen LogP contribution < -0.4 is 0 Å². The van der Waals surface area contributed by atoms with Gasteiger partial charge in [-0.3, -0.25) is 0 Å². The fourth-order valence-electron chi connectivity index (χ4n) is 11.4. The first-order valence-corrected chi connectivity index (χ1v) is 29.2. The van der Waals surface area contributed by atoms with Crippen LogP contribution >= 0.6 is 0 Å². The van der Waals surface area contributed by atoms with Crippen molar-refractivity contribution in [2.24, 2.45) is 41.4 Å². The minimum Gasteiger partial charge on any atom is -0.238 e. The van der Waals surface area contributed by atoms with Crippen LogP contribution in [0.3, 0.4) is 0 Å². The summed E-state index contributed by atoms with van der Waals surface area (Å²) in [6.07, 6.45) is 25.8. The van der Waals surface area contributed by atoms with Crippen molar-refractivity contribution in [1.82, 2.24) is 0 Å². The van der Waals surface area contributed by atoms with Crippen LogP contribution in [0, 0.1) is 135 Å². The van der Waals surface area contributed by atoms with Gasteiger partial charge in [0.15, 0.2) is 17.3 Å². The Labute approximate surface area is 475 Å². The van der Waals surface area contributed by atoms with Gasteiger partial charge in [-0.1, -0.05) is 194 Å². The molecule has 79 heavy (non-hydrogen) atoms. The lowest BCUT2D eigenvalue weighted by Gasteiger charge is -2.54. The van der Waals surface area contributed by atoms with E-state index in [1.165, 1.54) is 107 Å². The van der Waals surface area contributed by atoms with E-state index in [1.807, 2.05) is 100 Å². The number of para-hydroxylation sites is 1. The van der Waals surface area contributed by atoms with Crippen LogP contribution in [-0.4, -0.2) is 0 Å². The first kappa shape index (κ1) is 66.8. The van der Waals surface area contributed by atoms with Crippen LogP contribution in [0.1, 0.15) is 174 Å². The quantitative estimate of drug-likeness (QED) is 0.131. The minimum atomic E-state index is -0.791. The second-order valence-corrected chi connectivity index (χ2v) is 22.3. The summed E-state index contributed by atoms with van der Waals surface area (Å²) in [5.74, 6) is 6.09. The first-order chi connectivity index (χ1) is 38.0. The molecule has 0 saturated heterocycles. The van der Waals surface area contributed by atoms with Crippen LogP contribution in [0.25, 0.3) is 4.85 Å². The molecule has 7 heteroatoms. The summed E-state index contributed by atoms with van der Waals surface area (Å²) in [6.45, 7) is 25.0. The van der Waals surface area contributed by atoms with Gasteiger partial charge in [-0.25, -0.2) is 22.4 Å². The van der Waals surface area contributed by atoms with Crippen LogP contribution in [0.5, 0.6) is 0 Å². The van der Waals surface area contributed by atoms with Crippen molar-refractivity contribution in [3.63, 3.8) is 0 Å². The Morgan fingerprint density at radius 3 is 1.28 bits per heavy atom. The third kappa shape index (κ3) is 26.8. The molecule has 0 unspecified atom stereocenters. The van der Waals surface area contributed by atoms with Crippen molar-refractivity contribution in [3.05, 3.63) is 219 Å². The number of hydrogen-bond donors (Lipinski definition) is 0. The van der Waals surface area contributed by atoms with Crippen molar-refractivity contribution in [2.75, 3.05) is 0 Å². The maximum absolute atomic E-state index is 12.3. The van der Waals surface area contributed by atoms with E-state index in [1.54, 1.807) is 76.3 Å². The molecule has 0 heterocycles. The molecule has 12 rings (SSSR count). The van der Waals surface area contributed by atoms with Gasteiger partial charge in [-0.15, -0.1) is 0 Å². The lowest BCUT2D eigenvalue weighted by molar-refractivity contribution is -0.0376. The van der Waals surface area contributed by atoms with Gasteiger partial charge >= 0.3 is 0 Å². The molecular weight excluding hydrogens is 983 g/mol. The van der Waals surface area contributed by atoms with Gasteiger partial charge in [0.05, 0.1) is 29.8 Å². The van der Waals surface area contributed by atoms with Crippen LogP contribution in [0.4, 0.5) is 23.2 Å². The highest BCUT2D eigenvalue weighted by molar-refractivity contribution is 5.50. The summed E-state index contributed by atoms with van der Waals surface area (Å²) in [7, 11) is 0. The molecule has 0 N–H and O–H groups in total. The zero-order chi connectivity index (χ0) is 58.0. The molecule has 6 aromatic carbocycles. The summed E-state index contributed by atoms with van der Waals surface area (Å²) in [5.41, 5.74) is 8.09. The summed E-state index contributed by atoms with van der Waals surface area (Å²) in [5, 5.41) is 16.8. The molecule has 6 aromatic rings. The molecule has 6 fully saturated rings. The third-order valence-electron chi connectivity index (χ3n) is 16.0. The summed E-state index contributed by atoms with van der Waals surface area (Å²) in [6, 6.07) is 43.6. The second-order valence-electron chi connectivity index (χ2n) is 22.3. The molecule has 0 radical (unpaired) electrons. The van der Waals surface area contributed by atoms with Gasteiger partial charge in [-0.2, -0.15) is 10.5 Å². The van der Waals surface area contributed by atoms with E-state index in [0.29, 0.717) is 5.56 Å². The number of benzene rings is 6. The minimum absolute atomic E-state index is 0.132. The summed E-state index contributed by atoms with van der Waals surface area (Å²) >= 11 is 0. The van der Waals surface area contributed by atoms with Crippen LogP contribution in [-0.2, 0) is 0 Å². The number of halogens is 4. The number of rotatable bonds is 3. The van der Waals surface area contributed by atoms with Gasteiger partial charge < -0.3 is 0 Å².